The van der Waals surface area contributed by atoms with Gasteiger partial charge in [0.15, 0.2) is 17.5 Å². The Bertz CT molecular complexity index is 1210. The lowest BCUT2D eigenvalue weighted by Crippen LogP contribution is -2.44. The van der Waals surface area contributed by atoms with Crippen molar-refractivity contribution < 1.29 is 26.0 Å². The molecule has 3 N–H and O–H groups in total. The highest BCUT2D eigenvalue weighted by molar-refractivity contribution is 7.89. The first-order valence-corrected chi connectivity index (χ1v) is 11.2. The number of sulfonamides is 1. The molecule has 0 amide bonds. The van der Waals surface area contributed by atoms with Gasteiger partial charge in [0.25, 0.3) is 6.43 Å². The average molecular weight is 474 g/mol. The third-order valence-electron chi connectivity index (χ3n) is 4.68. The van der Waals surface area contributed by atoms with Crippen molar-refractivity contribution in [3.63, 3.8) is 0 Å². The predicted molar refractivity (Wildman–Crippen MR) is 112 cm³/mol. The van der Waals surface area contributed by atoms with Crippen LogP contribution in [0.25, 0.3) is 22.4 Å². The first-order chi connectivity index (χ1) is 14.9. The number of alkyl halides is 2. The predicted octanol–water partition coefficient (Wildman–Crippen LogP) is 3.31. The van der Waals surface area contributed by atoms with Gasteiger partial charge in [-0.05, 0) is 11.5 Å². The first-order valence-electron chi connectivity index (χ1n) is 9.53. The Morgan fingerprint density at radius 3 is 2.53 bits per heavy atom. The Morgan fingerprint density at radius 2 is 1.88 bits per heavy atom. The highest BCUT2D eigenvalue weighted by atomic mass is 32.2. The fourth-order valence-electron chi connectivity index (χ4n) is 2.90. The van der Waals surface area contributed by atoms with Crippen molar-refractivity contribution in [1.29, 1.82) is 0 Å². The molecule has 0 radical (unpaired) electrons. The summed E-state index contributed by atoms with van der Waals surface area (Å²) < 4.78 is 79.3. The number of nitrogens with zero attached hydrogens (tertiary/aromatic N) is 3. The molecule has 0 fully saturated rings. The van der Waals surface area contributed by atoms with E-state index >= 15 is 0 Å². The number of halogens is 4. The Kier molecular flexibility index (Phi) is 6.69. The summed E-state index contributed by atoms with van der Waals surface area (Å²) >= 11 is 0. The molecule has 0 spiro atoms. The van der Waals surface area contributed by atoms with Crippen LogP contribution < -0.4 is 10.0 Å². The van der Waals surface area contributed by atoms with Crippen molar-refractivity contribution in [1.82, 2.24) is 24.7 Å². The summed E-state index contributed by atoms with van der Waals surface area (Å²) in [6.45, 7) is 4.11. The van der Waals surface area contributed by atoms with Crippen LogP contribution in [0.5, 0.6) is 0 Å². The van der Waals surface area contributed by atoms with Crippen molar-refractivity contribution >= 4 is 26.9 Å². The minimum Gasteiger partial charge on any atom is -0.363 e. The van der Waals surface area contributed by atoms with Gasteiger partial charge in [0.2, 0.25) is 10.0 Å². The lowest BCUT2D eigenvalue weighted by atomic mass is 9.88. The standard InChI is InChI=1S/C19H22F4N6O2S/c1-19(2,3)14(9-32(30,31)27-8-15(22)23)28-18-13(21)7-26-17(29-18)12-6-25-16-11(12)4-10(20)5-24-16/h4-7,14-15,27H,8-9H2,1-3H3,(H,24,25)(H,26,28,29)/t14-/m1/s1. The molecule has 0 saturated heterocycles. The molecule has 32 heavy (non-hydrogen) atoms. The molecule has 3 aromatic heterocycles. The molecule has 3 rings (SSSR count). The Morgan fingerprint density at radius 1 is 1.16 bits per heavy atom. The summed E-state index contributed by atoms with van der Waals surface area (Å²) in [5.74, 6) is -2.24. The van der Waals surface area contributed by atoms with Crippen molar-refractivity contribution in [3.8, 4) is 11.4 Å². The van der Waals surface area contributed by atoms with Crippen LogP contribution >= 0.6 is 0 Å². The van der Waals surface area contributed by atoms with Crippen molar-refractivity contribution in [2.45, 2.75) is 33.2 Å². The van der Waals surface area contributed by atoms with Gasteiger partial charge in [-0.3, -0.25) is 0 Å². The molecule has 0 aliphatic rings. The summed E-state index contributed by atoms with van der Waals surface area (Å²) in [6.07, 6.45) is 0.591. The van der Waals surface area contributed by atoms with Crippen molar-refractivity contribution in [2.24, 2.45) is 5.41 Å². The topological polar surface area (TPSA) is 113 Å². The van der Waals surface area contributed by atoms with Crippen LogP contribution in [-0.4, -0.2) is 53.1 Å². The van der Waals surface area contributed by atoms with E-state index in [1.54, 1.807) is 20.8 Å². The molecular weight excluding hydrogens is 452 g/mol. The van der Waals surface area contributed by atoms with E-state index in [-0.39, 0.29) is 11.6 Å². The second kappa shape index (κ2) is 8.98. The van der Waals surface area contributed by atoms with Crippen LogP contribution in [0, 0.1) is 17.0 Å². The zero-order valence-corrected chi connectivity index (χ0v) is 18.3. The fourth-order valence-corrected chi connectivity index (χ4v) is 4.42. The molecule has 8 nitrogen and oxygen atoms in total. The molecule has 174 valence electrons. The number of aromatic amines is 1. The normalized spacial score (nSPS) is 13.6. The van der Waals surface area contributed by atoms with Crippen LogP contribution in [0.2, 0.25) is 0 Å². The average Bonchev–Trinajstić information content (AvgIpc) is 3.10. The Labute approximate surface area is 181 Å². The second-order valence-electron chi connectivity index (χ2n) is 8.23. The van der Waals surface area contributed by atoms with Crippen molar-refractivity contribution in [2.75, 3.05) is 17.6 Å². The number of aromatic nitrogens is 4. The van der Waals surface area contributed by atoms with Gasteiger partial charge in [0.05, 0.1) is 24.7 Å². The summed E-state index contributed by atoms with van der Waals surface area (Å²) in [4.78, 5) is 14.9. The Balaban J connectivity index is 1.93. The maximum atomic E-state index is 14.5. The van der Waals surface area contributed by atoms with Crippen LogP contribution in [0.15, 0.2) is 24.7 Å². The van der Waals surface area contributed by atoms with Gasteiger partial charge < -0.3 is 10.3 Å². The molecule has 0 saturated carbocycles. The lowest BCUT2D eigenvalue weighted by Gasteiger charge is -2.31. The lowest BCUT2D eigenvalue weighted by molar-refractivity contribution is 0.153. The number of hydrogen-bond donors (Lipinski definition) is 3. The van der Waals surface area contributed by atoms with Gasteiger partial charge >= 0.3 is 0 Å². The third-order valence-corrected chi connectivity index (χ3v) is 6.06. The van der Waals surface area contributed by atoms with Gasteiger partial charge in [0.1, 0.15) is 11.5 Å². The number of pyridine rings is 1. The largest absolute Gasteiger partial charge is 0.363 e. The van der Waals surface area contributed by atoms with Crippen molar-refractivity contribution in [3.05, 3.63) is 36.3 Å². The van der Waals surface area contributed by atoms with E-state index in [0.717, 1.165) is 12.4 Å². The maximum absolute atomic E-state index is 14.5. The number of hydrogen-bond acceptors (Lipinski definition) is 6. The van der Waals surface area contributed by atoms with Gasteiger partial charge in [-0.1, -0.05) is 20.8 Å². The fraction of sp³-hybridized carbons (Fsp3) is 0.421. The molecule has 1 atom stereocenters. The Hall–Kier alpha value is -2.80. The van der Waals surface area contributed by atoms with E-state index in [1.165, 1.54) is 12.3 Å². The molecule has 0 bridgehead atoms. The number of rotatable bonds is 8. The van der Waals surface area contributed by atoms with Gasteiger partial charge in [-0.25, -0.2) is 45.7 Å². The number of fused-ring (bicyclic) bond motifs is 1. The molecule has 0 aromatic carbocycles. The minimum atomic E-state index is -4.09. The third kappa shape index (κ3) is 5.71. The highest BCUT2D eigenvalue weighted by Crippen LogP contribution is 2.29. The summed E-state index contributed by atoms with van der Waals surface area (Å²) in [7, 11) is -4.09. The van der Waals surface area contributed by atoms with Gasteiger partial charge in [-0.2, -0.15) is 0 Å². The van der Waals surface area contributed by atoms with Crippen LogP contribution in [-0.2, 0) is 10.0 Å². The highest BCUT2D eigenvalue weighted by Gasteiger charge is 2.31. The SMILES string of the molecule is CC(C)(C)[C@@H](CS(=O)(=O)NCC(F)F)Nc1nc(-c2c[nH]c3ncc(F)cc23)ncc1F. The van der Waals surface area contributed by atoms with E-state index < -0.39 is 51.8 Å². The first kappa shape index (κ1) is 23.9. The van der Waals surface area contributed by atoms with Crippen LogP contribution in [0.1, 0.15) is 20.8 Å². The smallest absolute Gasteiger partial charge is 0.251 e. The molecule has 13 heteroatoms. The molecule has 0 unspecified atom stereocenters. The van der Waals surface area contributed by atoms with Gasteiger partial charge in [0, 0.05) is 23.2 Å². The quantitative estimate of drug-likeness (QED) is 0.432. The molecule has 3 aromatic rings. The zero-order valence-electron chi connectivity index (χ0n) is 17.5. The van der Waals surface area contributed by atoms with Gasteiger partial charge in [-0.15, -0.1) is 0 Å². The monoisotopic (exact) mass is 474 g/mol. The second-order valence-corrected chi connectivity index (χ2v) is 10.1. The maximum Gasteiger partial charge on any atom is 0.251 e. The zero-order chi connectivity index (χ0) is 23.7. The van der Waals surface area contributed by atoms with E-state index in [9.17, 15) is 26.0 Å². The summed E-state index contributed by atoms with van der Waals surface area (Å²) in [6, 6.07) is 0.338. The van der Waals surface area contributed by atoms with E-state index in [4.69, 9.17) is 0 Å². The van der Waals surface area contributed by atoms with E-state index in [0.29, 0.717) is 16.6 Å². The molecule has 3 heterocycles. The van der Waals surface area contributed by atoms with Crippen LogP contribution in [0.3, 0.4) is 0 Å². The number of nitrogens with one attached hydrogen (secondary N) is 3. The number of H-pyrrole nitrogens is 1. The molecule has 0 aliphatic carbocycles. The summed E-state index contributed by atoms with van der Waals surface area (Å²) in [5, 5.41) is 3.14. The molecular formula is C19H22F4N6O2S. The van der Waals surface area contributed by atoms with E-state index in [1.807, 2.05) is 4.72 Å². The van der Waals surface area contributed by atoms with E-state index in [2.05, 4.69) is 25.3 Å². The number of anilines is 1. The van der Waals surface area contributed by atoms with Crippen LogP contribution in [0.4, 0.5) is 23.4 Å². The minimum absolute atomic E-state index is 0.0545. The summed E-state index contributed by atoms with van der Waals surface area (Å²) in [5.41, 5.74) is 0.0338. The molecule has 0 aliphatic heterocycles.